The predicted molar refractivity (Wildman–Crippen MR) is 124 cm³/mol. The van der Waals surface area contributed by atoms with Crippen LogP contribution in [0.1, 0.15) is 16.2 Å². The van der Waals surface area contributed by atoms with Crippen molar-refractivity contribution in [3.63, 3.8) is 0 Å². The van der Waals surface area contributed by atoms with Crippen LogP contribution >= 0.6 is 0 Å². The number of anilines is 1. The fourth-order valence-electron chi connectivity index (χ4n) is 4.07. The molecule has 12 nitrogen and oxygen atoms in total. The third-order valence-corrected chi connectivity index (χ3v) is 8.09. The maximum atomic E-state index is 13.5. The predicted octanol–water partition coefficient (Wildman–Crippen LogP) is 0.818. The lowest BCUT2D eigenvalue weighted by atomic mass is 10.1. The van der Waals surface area contributed by atoms with Crippen LogP contribution in [0.25, 0.3) is 11.4 Å². The second kappa shape index (κ2) is 9.68. The first-order chi connectivity index (χ1) is 16.9. The highest BCUT2D eigenvalue weighted by atomic mass is 32.2. The Kier molecular flexibility index (Phi) is 6.45. The molecule has 2 aliphatic heterocycles. The molecule has 0 aliphatic carbocycles. The van der Waals surface area contributed by atoms with Crippen molar-refractivity contribution in [2.24, 2.45) is 0 Å². The van der Waals surface area contributed by atoms with E-state index in [9.17, 15) is 13.2 Å². The topological polar surface area (TPSA) is 135 Å². The van der Waals surface area contributed by atoms with Gasteiger partial charge in [0.1, 0.15) is 0 Å². The Bertz CT molecular complexity index is 1300. The number of hydrogen-bond donors (Lipinski definition) is 0. The van der Waals surface area contributed by atoms with E-state index in [1.165, 1.54) is 10.4 Å². The Hall–Kier alpha value is -3.42. The van der Waals surface area contributed by atoms with E-state index in [2.05, 4.69) is 20.1 Å². The highest BCUT2D eigenvalue weighted by Crippen LogP contribution is 2.27. The van der Waals surface area contributed by atoms with Gasteiger partial charge in [0.05, 0.1) is 18.1 Å². The lowest BCUT2D eigenvalue weighted by Crippen LogP contribution is -2.49. The molecule has 0 bridgehead atoms. The number of piperazine rings is 1. The van der Waals surface area contributed by atoms with Gasteiger partial charge in [-0.3, -0.25) is 4.79 Å². The number of carbonyl (C=O) groups is 1. The Morgan fingerprint density at radius 2 is 1.71 bits per heavy atom. The number of hydrogen-bond acceptors (Lipinski definition) is 10. The summed E-state index contributed by atoms with van der Waals surface area (Å²) in [5, 5.41) is 3.92. The molecule has 4 heterocycles. The number of morpholine rings is 1. The normalized spacial score (nSPS) is 17.5. The quantitative estimate of drug-likeness (QED) is 0.496. The summed E-state index contributed by atoms with van der Waals surface area (Å²) in [6.45, 7) is 5.15. The largest absolute Gasteiger partial charge is 0.378 e. The third kappa shape index (κ3) is 4.74. The summed E-state index contributed by atoms with van der Waals surface area (Å²) in [5.74, 6) is 0.241. The van der Waals surface area contributed by atoms with Gasteiger partial charge in [0.2, 0.25) is 21.8 Å². The first kappa shape index (κ1) is 23.3. The minimum absolute atomic E-state index is 0.133. The monoisotopic (exact) mass is 499 g/mol. The molecule has 0 saturated carbocycles. The highest BCUT2D eigenvalue weighted by molar-refractivity contribution is 7.89. The van der Waals surface area contributed by atoms with Gasteiger partial charge in [-0.1, -0.05) is 17.3 Å². The van der Waals surface area contributed by atoms with Gasteiger partial charge in [0.25, 0.3) is 0 Å². The van der Waals surface area contributed by atoms with Gasteiger partial charge in [0, 0.05) is 57.2 Å². The van der Waals surface area contributed by atoms with E-state index in [0.717, 1.165) is 0 Å². The van der Waals surface area contributed by atoms with Gasteiger partial charge < -0.3 is 19.1 Å². The van der Waals surface area contributed by atoms with Crippen LogP contribution in [0, 0.1) is 6.92 Å². The van der Waals surface area contributed by atoms with Crippen molar-refractivity contribution < 1.29 is 22.5 Å². The molecule has 2 aromatic heterocycles. The summed E-state index contributed by atoms with van der Waals surface area (Å²) in [5.41, 5.74) is 1.06. The fraction of sp³-hybridized carbons (Fsp3) is 0.409. The Morgan fingerprint density at radius 3 is 2.43 bits per heavy atom. The minimum Gasteiger partial charge on any atom is -0.378 e. The average Bonchev–Trinajstić information content (AvgIpc) is 3.40. The molecule has 13 heteroatoms. The van der Waals surface area contributed by atoms with Crippen LogP contribution in [0.5, 0.6) is 0 Å². The summed E-state index contributed by atoms with van der Waals surface area (Å²) < 4.78 is 38.9. The van der Waals surface area contributed by atoms with Crippen molar-refractivity contribution >= 4 is 21.9 Å². The SMILES string of the molecule is Cc1ccc(-c2noc(C(=O)N3CCOCC3)n2)cc1S(=O)(=O)N1CCN(c2ncccn2)CC1. The standard InChI is InChI=1S/C22H25N7O5S/c1-16-3-4-17(19-25-20(34-26-19)21(30)27-11-13-33-14-12-27)15-18(16)35(31,32)29-9-7-28(8-10-29)22-23-5-2-6-24-22/h2-6,15H,7-14H2,1H3. The van der Waals surface area contributed by atoms with Crippen molar-refractivity contribution in [2.45, 2.75) is 11.8 Å². The van der Waals surface area contributed by atoms with Crippen molar-refractivity contribution in [3.8, 4) is 11.4 Å². The Labute approximate surface area is 202 Å². The lowest BCUT2D eigenvalue weighted by Gasteiger charge is -2.34. The van der Waals surface area contributed by atoms with Crippen molar-refractivity contribution in [3.05, 3.63) is 48.1 Å². The number of amides is 1. The van der Waals surface area contributed by atoms with E-state index in [-0.39, 0.29) is 22.5 Å². The molecule has 0 radical (unpaired) electrons. The van der Waals surface area contributed by atoms with Crippen LogP contribution in [-0.4, -0.2) is 96.1 Å². The van der Waals surface area contributed by atoms with Crippen LogP contribution in [-0.2, 0) is 14.8 Å². The molecule has 0 atom stereocenters. The van der Waals surface area contributed by atoms with Gasteiger partial charge >= 0.3 is 11.8 Å². The van der Waals surface area contributed by atoms with Crippen LogP contribution in [0.2, 0.25) is 0 Å². The second-order valence-electron chi connectivity index (χ2n) is 8.25. The van der Waals surface area contributed by atoms with Crippen LogP contribution < -0.4 is 4.90 Å². The van der Waals surface area contributed by atoms with Gasteiger partial charge in [-0.2, -0.15) is 9.29 Å². The number of rotatable bonds is 5. The van der Waals surface area contributed by atoms with E-state index in [1.54, 1.807) is 42.4 Å². The number of aromatic nitrogens is 4. The first-order valence-corrected chi connectivity index (χ1v) is 12.7. The van der Waals surface area contributed by atoms with E-state index in [0.29, 0.717) is 69.6 Å². The van der Waals surface area contributed by atoms with Crippen LogP contribution in [0.15, 0.2) is 46.1 Å². The molecule has 0 unspecified atom stereocenters. The molecule has 1 aromatic carbocycles. The summed E-state index contributed by atoms with van der Waals surface area (Å²) in [7, 11) is -3.76. The summed E-state index contributed by atoms with van der Waals surface area (Å²) in [6, 6.07) is 6.69. The van der Waals surface area contributed by atoms with Crippen LogP contribution in [0.3, 0.4) is 0 Å². The highest BCUT2D eigenvalue weighted by Gasteiger charge is 2.31. The van der Waals surface area contributed by atoms with Gasteiger partial charge in [-0.05, 0) is 24.6 Å². The number of nitrogens with zero attached hydrogens (tertiary/aromatic N) is 7. The number of benzene rings is 1. The Balaban J connectivity index is 1.34. The zero-order chi connectivity index (χ0) is 24.4. The first-order valence-electron chi connectivity index (χ1n) is 11.3. The molecule has 184 valence electrons. The van der Waals surface area contributed by atoms with E-state index < -0.39 is 10.0 Å². The minimum atomic E-state index is -3.76. The van der Waals surface area contributed by atoms with E-state index >= 15 is 0 Å². The van der Waals surface area contributed by atoms with E-state index in [1.807, 2.05) is 4.90 Å². The molecule has 3 aromatic rings. The molecule has 0 spiro atoms. The molecular weight excluding hydrogens is 474 g/mol. The van der Waals surface area contributed by atoms with Crippen molar-refractivity contribution in [1.29, 1.82) is 0 Å². The Morgan fingerprint density at radius 1 is 1.00 bits per heavy atom. The molecule has 5 rings (SSSR count). The molecule has 0 N–H and O–H groups in total. The summed E-state index contributed by atoms with van der Waals surface area (Å²) in [6.07, 6.45) is 3.33. The second-order valence-corrected chi connectivity index (χ2v) is 10.2. The number of sulfonamides is 1. The number of aryl methyl sites for hydroxylation is 1. The fourth-order valence-corrected chi connectivity index (χ4v) is 5.74. The molecule has 35 heavy (non-hydrogen) atoms. The third-order valence-electron chi connectivity index (χ3n) is 6.05. The van der Waals surface area contributed by atoms with E-state index in [4.69, 9.17) is 9.26 Å². The number of ether oxygens (including phenoxy) is 1. The molecule has 2 saturated heterocycles. The molecule has 2 aliphatic rings. The maximum absolute atomic E-state index is 13.5. The molecular formula is C22H25N7O5S. The van der Waals surface area contributed by atoms with Crippen molar-refractivity contribution in [1.82, 2.24) is 29.3 Å². The lowest BCUT2D eigenvalue weighted by molar-refractivity contribution is 0.0272. The zero-order valence-electron chi connectivity index (χ0n) is 19.2. The smallest absolute Gasteiger partial charge is 0.316 e. The average molecular weight is 500 g/mol. The molecule has 1 amide bonds. The van der Waals surface area contributed by atoms with Gasteiger partial charge in [-0.25, -0.2) is 18.4 Å². The maximum Gasteiger partial charge on any atom is 0.316 e. The number of carbonyl (C=O) groups excluding carboxylic acids is 1. The summed E-state index contributed by atoms with van der Waals surface area (Å²) >= 11 is 0. The summed E-state index contributed by atoms with van der Waals surface area (Å²) in [4.78, 5) is 29.0. The zero-order valence-corrected chi connectivity index (χ0v) is 20.0. The van der Waals surface area contributed by atoms with Gasteiger partial charge in [-0.15, -0.1) is 0 Å². The van der Waals surface area contributed by atoms with Gasteiger partial charge in [0.15, 0.2) is 0 Å². The van der Waals surface area contributed by atoms with Crippen molar-refractivity contribution in [2.75, 3.05) is 57.4 Å². The molecule has 2 fully saturated rings. The van der Waals surface area contributed by atoms with Crippen LogP contribution in [0.4, 0.5) is 5.95 Å².